The molecule has 0 fully saturated rings. The summed E-state index contributed by atoms with van der Waals surface area (Å²) in [6, 6.07) is 22.0. The van der Waals surface area contributed by atoms with Crippen molar-refractivity contribution in [3.8, 4) is 17.2 Å². The lowest BCUT2D eigenvalue weighted by Crippen LogP contribution is -2.13. The van der Waals surface area contributed by atoms with Crippen LogP contribution in [0.3, 0.4) is 0 Å². The first-order valence-corrected chi connectivity index (χ1v) is 9.51. The maximum Gasteiger partial charge on any atom is 0.255 e. The van der Waals surface area contributed by atoms with Gasteiger partial charge in [0.05, 0.1) is 17.3 Å². The fraction of sp³-hybridized carbons (Fsp3) is 0.136. The first-order valence-electron chi connectivity index (χ1n) is 8.72. The number of hydrogen-bond donors (Lipinski definition) is 1. The topological polar surface area (TPSA) is 56.8 Å². The van der Waals surface area contributed by atoms with Crippen molar-refractivity contribution in [2.45, 2.75) is 0 Å². The second-order valence-electron chi connectivity index (χ2n) is 5.81. The van der Waals surface area contributed by atoms with Crippen LogP contribution in [-0.4, -0.2) is 26.2 Å². The van der Waals surface area contributed by atoms with Crippen molar-refractivity contribution in [2.75, 3.05) is 25.6 Å². The van der Waals surface area contributed by atoms with E-state index < -0.39 is 0 Å². The number of carbonyl (C=O) groups excluding carboxylic acids is 1. The van der Waals surface area contributed by atoms with Crippen molar-refractivity contribution in [3.05, 3.63) is 82.8 Å². The van der Waals surface area contributed by atoms with Crippen LogP contribution in [0.4, 0.5) is 5.69 Å². The van der Waals surface area contributed by atoms with E-state index in [0.29, 0.717) is 40.4 Å². The fourth-order valence-electron chi connectivity index (χ4n) is 2.53. The molecule has 144 valence electrons. The minimum atomic E-state index is -0.232. The summed E-state index contributed by atoms with van der Waals surface area (Å²) in [5.74, 6) is 1.82. The van der Waals surface area contributed by atoms with E-state index in [1.807, 2.05) is 42.5 Å². The summed E-state index contributed by atoms with van der Waals surface area (Å²) in [6.07, 6.45) is 0. The molecule has 0 atom stereocenters. The van der Waals surface area contributed by atoms with Crippen molar-refractivity contribution >= 4 is 27.5 Å². The Labute approximate surface area is 172 Å². The number of rotatable bonds is 8. The smallest absolute Gasteiger partial charge is 0.255 e. The van der Waals surface area contributed by atoms with Crippen LogP contribution in [0.5, 0.6) is 17.2 Å². The number of nitrogens with one attached hydrogen (secondary N) is 1. The first kappa shape index (κ1) is 19.8. The van der Waals surface area contributed by atoms with Gasteiger partial charge in [-0.3, -0.25) is 4.79 Å². The number of ether oxygens (including phenoxy) is 3. The van der Waals surface area contributed by atoms with Crippen molar-refractivity contribution in [1.29, 1.82) is 0 Å². The van der Waals surface area contributed by atoms with E-state index >= 15 is 0 Å². The van der Waals surface area contributed by atoms with E-state index in [9.17, 15) is 4.79 Å². The number of para-hydroxylation sites is 3. The molecule has 5 nitrogen and oxygen atoms in total. The van der Waals surface area contributed by atoms with Gasteiger partial charge < -0.3 is 19.5 Å². The third-order valence-corrected chi connectivity index (χ3v) is 4.52. The van der Waals surface area contributed by atoms with Crippen LogP contribution < -0.4 is 19.5 Å². The molecule has 0 radical (unpaired) electrons. The van der Waals surface area contributed by atoms with Crippen molar-refractivity contribution in [3.63, 3.8) is 0 Å². The lowest BCUT2D eigenvalue weighted by atomic mass is 10.2. The summed E-state index contributed by atoms with van der Waals surface area (Å²) in [5, 5.41) is 2.85. The SMILES string of the molecule is COc1ccccc1NC(=O)c1ccc(OCCOc2ccccc2)c(Br)c1. The molecule has 0 unspecified atom stereocenters. The second kappa shape index (κ2) is 9.80. The third-order valence-electron chi connectivity index (χ3n) is 3.90. The molecule has 0 aliphatic heterocycles. The van der Waals surface area contributed by atoms with Gasteiger partial charge in [0.2, 0.25) is 0 Å². The quantitative estimate of drug-likeness (QED) is 0.490. The normalized spacial score (nSPS) is 10.2. The van der Waals surface area contributed by atoms with Gasteiger partial charge in [0.15, 0.2) is 0 Å². The van der Waals surface area contributed by atoms with Gasteiger partial charge in [0.1, 0.15) is 30.5 Å². The molecule has 0 aliphatic carbocycles. The number of halogens is 1. The second-order valence-corrected chi connectivity index (χ2v) is 6.66. The highest BCUT2D eigenvalue weighted by Crippen LogP contribution is 2.28. The van der Waals surface area contributed by atoms with Crippen LogP contribution in [0.1, 0.15) is 10.4 Å². The molecule has 1 amide bonds. The van der Waals surface area contributed by atoms with Crippen LogP contribution >= 0.6 is 15.9 Å². The number of benzene rings is 3. The van der Waals surface area contributed by atoms with Crippen LogP contribution in [0, 0.1) is 0 Å². The zero-order valence-electron chi connectivity index (χ0n) is 15.4. The lowest BCUT2D eigenvalue weighted by Gasteiger charge is -2.12. The summed E-state index contributed by atoms with van der Waals surface area (Å²) in [5.41, 5.74) is 1.12. The Balaban J connectivity index is 1.56. The highest BCUT2D eigenvalue weighted by atomic mass is 79.9. The molecule has 0 heterocycles. The zero-order valence-corrected chi connectivity index (χ0v) is 16.9. The summed E-state index contributed by atoms with van der Waals surface area (Å²) in [7, 11) is 1.56. The molecule has 3 rings (SSSR count). The van der Waals surface area contributed by atoms with Crippen molar-refractivity contribution in [1.82, 2.24) is 0 Å². The fourth-order valence-corrected chi connectivity index (χ4v) is 3.02. The van der Waals surface area contributed by atoms with Gasteiger partial charge in [-0.2, -0.15) is 0 Å². The molecule has 0 aromatic heterocycles. The molecule has 1 N–H and O–H groups in total. The number of hydrogen-bond acceptors (Lipinski definition) is 4. The standard InChI is InChI=1S/C22H20BrNO4/c1-26-21-10-6-5-9-19(21)24-22(25)16-11-12-20(18(23)15-16)28-14-13-27-17-7-3-2-4-8-17/h2-12,15H,13-14H2,1H3,(H,24,25). The van der Waals surface area contributed by atoms with Gasteiger partial charge in [-0.1, -0.05) is 30.3 Å². The predicted molar refractivity (Wildman–Crippen MR) is 113 cm³/mol. The minimum Gasteiger partial charge on any atom is -0.495 e. The molecular weight excluding hydrogens is 422 g/mol. The van der Waals surface area contributed by atoms with Crippen LogP contribution in [0.2, 0.25) is 0 Å². The summed E-state index contributed by atoms with van der Waals surface area (Å²) < 4.78 is 17.3. The van der Waals surface area contributed by atoms with E-state index in [1.165, 1.54) is 0 Å². The van der Waals surface area contributed by atoms with Gasteiger partial charge in [0, 0.05) is 5.56 Å². The molecule has 3 aromatic rings. The Morgan fingerprint density at radius 1 is 0.893 bits per heavy atom. The number of amides is 1. The predicted octanol–water partition coefficient (Wildman–Crippen LogP) is 5.17. The number of methoxy groups -OCH3 is 1. The van der Waals surface area contributed by atoms with E-state index in [-0.39, 0.29) is 5.91 Å². The maximum absolute atomic E-state index is 12.5. The van der Waals surface area contributed by atoms with Crippen LogP contribution in [0.15, 0.2) is 77.3 Å². The maximum atomic E-state index is 12.5. The molecule has 3 aromatic carbocycles. The van der Waals surface area contributed by atoms with Crippen LogP contribution in [-0.2, 0) is 0 Å². The molecule has 6 heteroatoms. The Bertz CT molecular complexity index is 931. The molecule has 0 saturated carbocycles. The van der Waals surface area contributed by atoms with Gasteiger partial charge in [0.25, 0.3) is 5.91 Å². The van der Waals surface area contributed by atoms with E-state index in [0.717, 1.165) is 5.75 Å². The Morgan fingerprint density at radius 2 is 1.61 bits per heavy atom. The number of anilines is 1. The highest BCUT2D eigenvalue weighted by molar-refractivity contribution is 9.10. The largest absolute Gasteiger partial charge is 0.495 e. The zero-order chi connectivity index (χ0) is 19.8. The Hall–Kier alpha value is -2.99. The third kappa shape index (κ3) is 5.27. The molecule has 28 heavy (non-hydrogen) atoms. The minimum absolute atomic E-state index is 0.232. The average Bonchev–Trinajstić information content (AvgIpc) is 2.73. The molecule has 0 spiro atoms. The van der Waals surface area contributed by atoms with Crippen molar-refractivity contribution in [2.24, 2.45) is 0 Å². The summed E-state index contributed by atoms with van der Waals surface area (Å²) >= 11 is 3.46. The summed E-state index contributed by atoms with van der Waals surface area (Å²) in [4.78, 5) is 12.5. The molecule has 0 bridgehead atoms. The van der Waals surface area contributed by atoms with Gasteiger partial charge in [-0.25, -0.2) is 0 Å². The highest BCUT2D eigenvalue weighted by Gasteiger charge is 2.12. The lowest BCUT2D eigenvalue weighted by molar-refractivity contribution is 0.102. The van der Waals surface area contributed by atoms with Gasteiger partial charge in [-0.15, -0.1) is 0 Å². The number of carbonyl (C=O) groups is 1. The van der Waals surface area contributed by atoms with Gasteiger partial charge >= 0.3 is 0 Å². The molecule has 0 aliphatic rings. The average molecular weight is 442 g/mol. The van der Waals surface area contributed by atoms with Crippen LogP contribution in [0.25, 0.3) is 0 Å². The first-order chi connectivity index (χ1) is 13.7. The Morgan fingerprint density at radius 3 is 2.36 bits per heavy atom. The van der Waals surface area contributed by atoms with E-state index in [4.69, 9.17) is 14.2 Å². The van der Waals surface area contributed by atoms with Crippen molar-refractivity contribution < 1.29 is 19.0 Å². The van der Waals surface area contributed by atoms with E-state index in [2.05, 4.69) is 21.2 Å². The van der Waals surface area contributed by atoms with Gasteiger partial charge in [-0.05, 0) is 58.4 Å². The van der Waals surface area contributed by atoms with E-state index in [1.54, 1.807) is 37.4 Å². The molecule has 0 saturated heterocycles. The summed E-state index contributed by atoms with van der Waals surface area (Å²) in [6.45, 7) is 0.812. The molecular formula is C22H20BrNO4. The Kier molecular flexibility index (Phi) is 6.92. The monoisotopic (exact) mass is 441 g/mol.